The van der Waals surface area contributed by atoms with Gasteiger partial charge in [-0.15, -0.1) is 0 Å². The van der Waals surface area contributed by atoms with Crippen LogP contribution in [0.2, 0.25) is 5.02 Å². The molecule has 8 heteroatoms. The molecule has 0 unspecified atom stereocenters. The number of benzene rings is 1. The third-order valence-electron chi connectivity index (χ3n) is 3.35. The molecule has 1 rings (SSSR count). The van der Waals surface area contributed by atoms with Crippen LogP contribution in [0.5, 0.6) is 0 Å². The summed E-state index contributed by atoms with van der Waals surface area (Å²) in [5.74, 6) is -0.738. The second-order valence-electron chi connectivity index (χ2n) is 5.28. The number of nitrogens with zero attached hydrogens (tertiary/aromatic N) is 1. The van der Waals surface area contributed by atoms with Gasteiger partial charge in [-0.3, -0.25) is 9.59 Å². The van der Waals surface area contributed by atoms with Gasteiger partial charge in [0, 0.05) is 31.5 Å². The van der Waals surface area contributed by atoms with Crippen molar-refractivity contribution in [3.8, 4) is 0 Å². The predicted octanol–water partition coefficient (Wildman–Crippen LogP) is 4.02. The predicted molar refractivity (Wildman–Crippen MR) is 87.0 cm³/mol. The van der Waals surface area contributed by atoms with Crippen molar-refractivity contribution >= 4 is 29.1 Å². The number of anilines is 1. The molecule has 1 N–H and O–H groups in total. The molecular weight excluding hydrogens is 345 g/mol. The number of amides is 2. The number of halogens is 4. The van der Waals surface area contributed by atoms with Crippen LogP contribution in [0, 0.1) is 0 Å². The first kappa shape index (κ1) is 20.3. The lowest BCUT2D eigenvalue weighted by Crippen LogP contribution is -2.38. The van der Waals surface area contributed by atoms with E-state index in [1.54, 1.807) is 0 Å². The van der Waals surface area contributed by atoms with E-state index in [0.717, 1.165) is 29.9 Å². The van der Waals surface area contributed by atoms with Crippen LogP contribution in [-0.4, -0.2) is 24.9 Å². The van der Waals surface area contributed by atoms with Gasteiger partial charge in [0.25, 0.3) is 0 Å². The number of hydrogen-bond acceptors (Lipinski definition) is 2. The molecule has 0 radical (unpaired) electrons. The maximum atomic E-state index is 13.2. The molecule has 0 aromatic heterocycles. The van der Waals surface area contributed by atoms with E-state index < -0.39 is 17.6 Å². The van der Waals surface area contributed by atoms with E-state index in [1.165, 1.54) is 13.0 Å². The molecule has 0 saturated carbocycles. The second-order valence-corrected chi connectivity index (χ2v) is 5.72. The van der Waals surface area contributed by atoms with Crippen LogP contribution < -0.4 is 10.2 Å². The van der Waals surface area contributed by atoms with E-state index in [9.17, 15) is 22.8 Å². The Morgan fingerprint density at radius 3 is 2.50 bits per heavy atom. The average Bonchev–Trinajstić information content (AvgIpc) is 2.48. The van der Waals surface area contributed by atoms with Gasteiger partial charge in [-0.25, -0.2) is 0 Å². The van der Waals surface area contributed by atoms with E-state index in [1.807, 2.05) is 6.92 Å². The largest absolute Gasteiger partial charge is 0.418 e. The summed E-state index contributed by atoms with van der Waals surface area (Å²) in [6, 6.07) is 3.24. The van der Waals surface area contributed by atoms with Crippen molar-refractivity contribution in [3.05, 3.63) is 28.8 Å². The van der Waals surface area contributed by atoms with Gasteiger partial charge in [-0.05, 0) is 24.6 Å². The fourth-order valence-corrected chi connectivity index (χ4v) is 2.32. The molecule has 0 bridgehead atoms. The highest BCUT2D eigenvalue weighted by Gasteiger charge is 2.35. The van der Waals surface area contributed by atoms with Crippen LogP contribution >= 0.6 is 11.6 Å². The van der Waals surface area contributed by atoms with Crippen molar-refractivity contribution in [1.82, 2.24) is 5.32 Å². The number of hydrogen-bond donors (Lipinski definition) is 1. The van der Waals surface area contributed by atoms with Gasteiger partial charge in [0.2, 0.25) is 11.8 Å². The van der Waals surface area contributed by atoms with Gasteiger partial charge in [0.1, 0.15) is 0 Å². The normalized spacial score (nSPS) is 11.2. The molecule has 0 aliphatic carbocycles. The Balaban J connectivity index is 2.90. The maximum Gasteiger partial charge on any atom is 0.418 e. The van der Waals surface area contributed by atoms with Crippen LogP contribution in [0.1, 0.15) is 38.7 Å². The van der Waals surface area contributed by atoms with Crippen LogP contribution in [0.4, 0.5) is 18.9 Å². The molecule has 0 heterocycles. The van der Waals surface area contributed by atoms with E-state index in [2.05, 4.69) is 5.32 Å². The zero-order valence-corrected chi connectivity index (χ0v) is 14.3. The third kappa shape index (κ3) is 6.03. The molecule has 0 atom stereocenters. The number of nitrogens with one attached hydrogen (secondary N) is 1. The molecule has 2 amide bonds. The molecular formula is C16H20ClF3N2O2. The van der Waals surface area contributed by atoms with Crippen LogP contribution in [0.25, 0.3) is 0 Å². The fourth-order valence-electron chi connectivity index (χ4n) is 2.15. The minimum absolute atomic E-state index is 0.0576. The summed E-state index contributed by atoms with van der Waals surface area (Å²) in [6.07, 6.45) is -2.69. The number of unbranched alkanes of at least 4 members (excludes halogenated alkanes) is 1. The van der Waals surface area contributed by atoms with Crippen molar-refractivity contribution < 1.29 is 22.8 Å². The lowest BCUT2D eigenvalue weighted by molar-refractivity contribution is -0.137. The Hall–Kier alpha value is -1.76. The first-order chi connectivity index (χ1) is 11.2. The van der Waals surface area contributed by atoms with Crippen LogP contribution in [0.15, 0.2) is 18.2 Å². The van der Waals surface area contributed by atoms with Crippen molar-refractivity contribution in [2.45, 2.75) is 39.3 Å². The lowest BCUT2D eigenvalue weighted by Gasteiger charge is -2.25. The topological polar surface area (TPSA) is 49.4 Å². The van der Waals surface area contributed by atoms with Gasteiger partial charge in [0.05, 0.1) is 11.3 Å². The fraction of sp³-hybridized carbons (Fsp3) is 0.500. The summed E-state index contributed by atoms with van der Waals surface area (Å²) < 4.78 is 39.5. The highest BCUT2D eigenvalue weighted by molar-refractivity contribution is 6.30. The van der Waals surface area contributed by atoms with Crippen LogP contribution in [-0.2, 0) is 15.8 Å². The highest BCUT2D eigenvalue weighted by Crippen LogP contribution is 2.38. The monoisotopic (exact) mass is 364 g/mol. The molecule has 0 saturated heterocycles. The number of alkyl halides is 3. The number of carbonyl (C=O) groups is 2. The van der Waals surface area contributed by atoms with Crippen LogP contribution in [0.3, 0.4) is 0 Å². The van der Waals surface area contributed by atoms with E-state index in [-0.39, 0.29) is 29.7 Å². The minimum atomic E-state index is -4.64. The van der Waals surface area contributed by atoms with Gasteiger partial charge in [-0.1, -0.05) is 24.9 Å². The zero-order valence-electron chi connectivity index (χ0n) is 13.5. The second kappa shape index (κ2) is 8.92. The number of carbonyl (C=O) groups excluding carboxylic acids is 2. The minimum Gasteiger partial charge on any atom is -0.354 e. The molecule has 0 aliphatic rings. The van der Waals surface area contributed by atoms with Crippen molar-refractivity contribution in [1.29, 1.82) is 0 Å². The molecule has 0 spiro atoms. The maximum absolute atomic E-state index is 13.2. The third-order valence-corrected chi connectivity index (χ3v) is 3.58. The SMILES string of the molecule is CCCCC(=O)NCCN(C(C)=O)c1ccc(Cl)cc1C(F)(F)F. The molecule has 134 valence electrons. The molecule has 4 nitrogen and oxygen atoms in total. The molecule has 0 aliphatic heterocycles. The number of rotatable bonds is 7. The Kier molecular flexibility index (Phi) is 7.54. The Labute approximate surface area is 144 Å². The zero-order chi connectivity index (χ0) is 18.3. The Morgan fingerprint density at radius 1 is 1.29 bits per heavy atom. The van der Waals surface area contributed by atoms with Crippen molar-refractivity contribution in [2.24, 2.45) is 0 Å². The first-order valence-corrected chi connectivity index (χ1v) is 7.96. The summed E-state index contributed by atoms with van der Waals surface area (Å²) in [4.78, 5) is 24.3. The van der Waals surface area contributed by atoms with Gasteiger partial charge < -0.3 is 10.2 Å². The summed E-state index contributed by atoms with van der Waals surface area (Å²) in [5, 5.41) is 2.53. The lowest BCUT2D eigenvalue weighted by atomic mass is 10.1. The van der Waals surface area contributed by atoms with E-state index >= 15 is 0 Å². The summed E-state index contributed by atoms with van der Waals surface area (Å²) in [5.41, 5.74) is -1.26. The van der Waals surface area contributed by atoms with E-state index in [0.29, 0.717) is 6.42 Å². The average molecular weight is 365 g/mol. The summed E-state index contributed by atoms with van der Waals surface area (Å²) in [7, 11) is 0. The Bertz CT molecular complexity index is 591. The first-order valence-electron chi connectivity index (χ1n) is 7.58. The molecule has 1 aromatic rings. The quantitative estimate of drug-likeness (QED) is 0.794. The summed E-state index contributed by atoms with van der Waals surface area (Å²) in [6.45, 7) is 3.14. The Morgan fingerprint density at radius 2 is 1.96 bits per heavy atom. The van der Waals surface area contributed by atoms with E-state index in [4.69, 9.17) is 11.6 Å². The van der Waals surface area contributed by atoms with Crippen molar-refractivity contribution in [3.63, 3.8) is 0 Å². The standard InChI is InChI=1S/C16H20ClF3N2O2/c1-3-4-5-15(24)21-8-9-22(11(2)23)14-7-6-12(17)10-13(14)16(18,19)20/h6-7,10H,3-5,8-9H2,1-2H3,(H,21,24). The smallest absolute Gasteiger partial charge is 0.354 e. The molecule has 1 aromatic carbocycles. The molecule has 0 fully saturated rings. The summed E-state index contributed by atoms with van der Waals surface area (Å²) >= 11 is 5.64. The van der Waals surface area contributed by atoms with Gasteiger partial charge in [0.15, 0.2) is 0 Å². The van der Waals surface area contributed by atoms with Crippen molar-refractivity contribution in [2.75, 3.05) is 18.0 Å². The highest BCUT2D eigenvalue weighted by atomic mass is 35.5. The molecule has 24 heavy (non-hydrogen) atoms. The van der Waals surface area contributed by atoms with Gasteiger partial charge >= 0.3 is 6.18 Å². The van der Waals surface area contributed by atoms with Gasteiger partial charge in [-0.2, -0.15) is 13.2 Å².